The summed E-state index contributed by atoms with van der Waals surface area (Å²) in [4.78, 5) is 14.9. The number of carbonyl (C=O) groups excluding carboxylic acids is 1. The van der Waals surface area contributed by atoms with Gasteiger partial charge >= 0.3 is 0 Å². The van der Waals surface area contributed by atoms with Gasteiger partial charge in [-0.05, 0) is 65.2 Å². The number of carbonyl (C=O) groups is 1. The number of sulfonamides is 1. The van der Waals surface area contributed by atoms with Crippen LogP contribution in [0.1, 0.15) is 21.5 Å². The van der Waals surface area contributed by atoms with E-state index in [2.05, 4.69) is 15.9 Å². The summed E-state index contributed by atoms with van der Waals surface area (Å²) < 4.78 is 33.4. The molecule has 1 heterocycles. The van der Waals surface area contributed by atoms with E-state index in [1.165, 1.54) is 4.31 Å². The summed E-state index contributed by atoms with van der Waals surface area (Å²) in [6.07, 6.45) is 0. The normalized spacial score (nSPS) is 15.5. The zero-order valence-corrected chi connectivity index (χ0v) is 18.5. The first-order chi connectivity index (χ1) is 13.2. The Kier molecular flexibility index (Phi) is 6.12. The molecule has 2 aromatic rings. The standard InChI is InChI=1S/C20H23BrN2O4S/c1-14-4-5-15(2)19(12-14)28(25,26)23-10-8-22(9-11-23)20(24)17-13-16(27-3)6-7-18(17)21/h4-7,12-13H,8-11H2,1-3H3. The maximum atomic E-state index is 13.0. The molecule has 8 heteroatoms. The van der Waals surface area contributed by atoms with Gasteiger partial charge in [0.1, 0.15) is 5.75 Å². The van der Waals surface area contributed by atoms with Gasteiger partial charge in [0.25, 0.3) is 5.91 Å². The Labute approximate surface area is 174 Å². The zero-order chi connectivity index (χ0) is 20.5. The summed E-state index contributed by atoms with van der Waals surface area (Å²) >= 11 is 3.41. The van der Waals surface area contributed by atoms with Gasteiger partial charge in [-0.25, -0.2) is 8.42 Å². The van der Waals surface area contributed by atoms with E-state index < -0.39 is 10.0 Å². The lowest BCUT2D eigenvalue weighted by atomic mass is 10.1. The molecule has 0 aromatic heterocycles. The van der Waals surface area contributed by atoms with Crippen LogP contribution in [0.4, 0.5) is 0 Å². The smallest absolute Gasteiger partial charge is 0.255 e. The molecular weight excluding hydrogens is 444 g/mol. The lowest BCUT2D eigenvalue weighted by Crippen LogP contribution is -2.50. The quantitative estimate of drug-likeness (QED) is 0.693. The molecule has 0 unspecified atom stereocenters. The lowest BCUT2D eigenvalue weighted by Gasteiger charge is -2.34. The second-order valence-electron chi connectivity index (χ2n) is 6.81. The first-order valence-corrected chi connectivity index (χ1v) is 11.2. The molecule has 0 atom stereocenters. The summed E-state index contributed by atoms with van der Waals surface area (Å²) in [7, 11) is -2.03. The number of hydrogen-bond acceptors (Lipinski definition) is 4. The molecule has 1 saturated heterocycles. The SMILES string of the molecule is COc1ccc(Br)c(C(=O)N2CCN(S(=O)(=O)c3cc(C)ccc3C)CC2)c1. The fourth-order valence-corrected chi connectivity index (χ4v) is 5.37. The highest BCUT2D eigenvalue weighted by Gasteiger charge is 2.31. The fourth-order valence-electron chi connectivity index (χ4n) is 3.22. The second-order valence-corrected chi connectivity index (χ2v) is 9.57. The van der Waals surface area contributed by atoms with Crippen LogP contribution < -0.4 is 4.74 Å². The number of methoxy groups -OCH3 is 1. The molecule has 150 valence electrons. The highest BCUT2D eigenvalue weighted by atomic mass is 79.9. The minimum Gasteiger partial charge on any atom is -0.497 e. The van der Waals surface area contributed by atoms with E-state index in [9.17, 15) is 13.2 Å². The number of ether oxygens (including phenoxy) is 1. The van der Waals surface area contributed by atoms with Gasteiger partial charge in [0.2, 0.25) is 10.0 Å². The molecule has 6 nitrogen and oxygen atoms in total. The fraction of sp³-hybridized carbons (Fsp3) is 0.350. The van der Waals surface area contributed by atoms with Crippen LogP contribution in [-0.2, 0) is 10.0 Å². The predicted octanol–water partition coefficient (Wildman–Crippen LogP) is 3.22. The minimum absolute atomic E-state index is 0.144. The van der Waals surface area contributed by atoms with E-state index in [-0.39, 0.29) is 19.0 Å². The van der Waals surface area contributed by atoms with Crippen LogP contribution in [0.25, 0.3) is 0 Å². The molecular formula is C20H23BrN2O4S. The molecule has 0 N–H and O–H groups in total. The van der Waals surface area contributed by atoms with Crippen LogP contribution in [0.3, 0.4) is 0 Å². The molecule has 0 radical (unpaired) electrons. The molecule has 2 aromatic carbocycles. The number of rotatable bonds is 4. The Hall–Kier alpha value is -1.90. The third-order valence-corrected chi connectivity index (χ3v) is 7.62. The van der Waals surface area contributed by atoms with Gasteiger partial charge in [0.05, 0.1) is 17.6 Å². The van der Waals surface area contributed by atoms with Gasteiger partial charge in [-0.15, -0.1) is 0 Å². The van der Waals surface area contributed by atoms with Crippen LogP contribution in [0.5, 0.6) is 5.75 Å². The van der Waals surface area contributed by atoms with Crippen molar-refractivity contribution in [2.75, 3.05) is 33.3 Å². The number of nitrogens with zero attached hydrogens (tertiary/aromatic N) is 2. The zero-order valence-electron chi connectivity index (χ0n) is 16.1. The predicted molar refractivity (Wildman–Crippen MR) is 111 cm³/mol. The van der Waals surface area contributed by atoms with Crippen LogP contribution in [0.15, 0.2) is 45.8 Å². The van der Waals surface area contributed by atoms with E-state index >= 15 is 0 Å². The molecule has 3 rings (SSSR count). The third-order valence-electron chi connectivity index (χ3n) is 4.89. The van der Waals surface area contributed by atoms with Crippen molar-refractivity contribution in [1.82, 2.24) is 9.21 Å². The molecule has 1 aliphatic rings. The average Bonchev–Trinajstić information content (AvgIpc) is 2.69. The van der Waals surface area contributed by atoms with Crippen molar-refractivity contribution in [3.8, 4) is 5.75 Å². The number of amides is 1. The van der Waals surface area contributed by atoms with E-state index in [1.54, 1.807) is 43.2 Å². The monoisotopic (exact) mass is 466 g/mol. The molecule has 0 spiro atoms. The number of aryl methyl sites for hydroxylation is 2. The summed E-state index contributed by atoms with van der Waals surface area (Å²) in [5.74, 6) is 0.456. The molecule has 1 amide bonds. The molecule has 0 aliphatic carbocycles. The van der Waals surface area contributed by atoms with Gasteiger partial charge in [-0.3, -0.25) is 4.79 Å². The van der Waals surface area contributed by atoms with Gasteiger partial charge in [-0.2, -0.15) is 4.31 Å². The molecule has 1 fully saturated rings. The Morgan fingerprint density at radius 1 is 1.04 bits per heavy atom. The first-order valence-electron chi connectivity index (χ1n) is 8.94. The van der Waals surface area contributed by atoms with Crippen molar-refractivity contribution >= 4 is 31.9 Å². The van der Waals surface area contributed by atoms with Crippen molar-refractivity contribution in [3.05, 3.63) is 57.6 Å². The number of hydrogen-bond donors (Lipinski definition) is 0. The Bertz CT molecular complexity index is 999. The Morgan fingerprint density at radius 2 is 1.71 bits per heavy atom. The van der Waals surface area contributed by atoms with Crippen molar-refractivity contribution in [2.45, 2.75) is 18.7 Å². The van der Waals surface area contributed by atoms with Gasteiger partial charge in [0.15, 0.2) is 0 Å². The number of piperazine rings is 1. The summed E-state index contributed by atoms with van der Waals surface area (Å²) in [5.41, 5.74) is 2.13. The molecule has 0 saturated carbocycles. The largest absolute Gasteiger partial charge is 0.497 e. The van der Waals surface area contributed by atoms with Crippen molar-refractivity contribution in [1.29, 1.82) is 0 Å². The van der Waals surface area contributed by atoms with E-state index in [0.717, 1.165) is 11.1 Å². The number of halogens is 1. The van der Waals surface area contributed by atoms with Gasteiger partial charge in [-0.1, -0.05) is 12.1 Å². The summed E-state index contributed by atoms with van der Waals surface area (Å²) in [5, 5.41) is 0. The Morgan fingerprint density at radius 3 is 2.36 bits per heavy atom. The van der Waals surface area contributed by atoms with Crippen LogP contribution in [0.2, 0.25) is 0 Å². The molecule has 1 aliphatic heterocycles. The van der Waals surface area contributed by atoms with Crippen molar-refractivity contribution in [3.63, 3.8) is 0 Å². The van der Waals surface area contributed by atoms with Crippen molar-refractivity contribution < 1.29 is 17.9 Å². The van der Waals surface area contributed by atoms with Crippen molar-refractivity contribution in [2.24, 2.45) is 0 Å². The molecule has 0 bridgehead atoms. The molecule has 28 heavy (non-hydrogen) atoms. The first kappa shape index (κ1) is 20.8. The van der Waals surface area contributed by atoms with Crippen LogP contribution in [-0.4, -0.2) is 56.8 Å². The highest BCUT2D eigenvalue weighted by molar-refractivity contribution is 9.10. The van der Waals surface area contributed by atoms with Crippen LogP contribution >= 0.6 is 15.9 Å². The summed E-state index contributed by atoms with van der Waals surface area (Å²) in [6.45, 7) is 4.89. The average molecular weight is 467 g/mol. The maximum Gasteiger partial charge on any atom is 0.255 e. The third kappa shape index (κ3) is 4.09. The van der Waals surface area contributed by atoms with Gasteiger partial charge < -0.3 is 9.64 Å². The highest BCUT2D eigenvalue weighted by Crippen LogP contribution is 2.26. The number of benzene rings is 2. The van der Waals surface area contributed by atoms with E-state index in [0.29, 0.717) is 33.8 Å². The topological polar surface area (TPSA) is 66.9 Å². The second kappa shape index (κ2) is 8.23. The Balaban J connectivity index is 1.75. The summed E-state index contributed by atoms with van der Waals surface area (Å²) in [6, 6.07) is 10.7. The van der Waals surface area contributed by atoms with E-state index in [1.807, 2.05) is 19.1 Å². The van der Waals surface area contributed by atoms with Gasteiger partial charge in [0, 0.05) is 30.7 Å². The maximum absolute atomic E-state index is 13.0. The minimum atomic E-state index is -3.58. The van der Waals surface area contributed by atoms with Crippen LogP contribution in [0, 0.1) is 13.8 Å². The van der Waals surface area contributed by atoms with E-state index in [4.69, 9.17) is 4.74 Å². The lowest BCUT2D eigenvalue weighted by molar-refractivity contribution is 0.0696.